The van der Waals surface area contributed by atoms with Crippen LogP contribution in [0.3, 0.4) is 0 Å². The number of halogens is 2. The Morgan fingerprint density at radius 1 is 1.10 bits per heavy atom. The molecule has 7 heteroatoms. The maximum absolute atomic E-state index is 14.3. The highest BCUT2D eigenvalue weighted by Gasteiger charge is 2.19. The molecule has 0 radical (unpaired) electrons. The van der Waals surface area contributed by atoms with Crippen molar-refractivity contribution in [2.24, 2.45) is 5.73 Å². The van der Waals surface area contributed by atoms with E-state index in [1.165, 1.54) is 6.07 Å². The van der Waals surface area contributed by atoms with Crippen molar-refractivity contribution in [2.75, 3.05) is 13.1 Å². The highest BCUT2D eigenvalue weighted by atomic mass is 79.9. The summed E-state index contributed by atoms with van der Waals surface area (Å²) in [7, 11) is 0. The lowest BCUT2D eigenvalue weighted by Gasteiger charge is -2.23. The first-order chi connectivity index (χ1) is 15.0. The monoisotopic (exact) mass is 502 g/mol. The van der Waals surface area contributed by atoms with Crippen molar-refractivity contribution in [3.05, 3.63) is 93.7 Å². The number of ether oxygens (including phenoxy) is 1. The van der Waals surface area contributed by atoms with Gasteiger partial charge in [-0.15, -0.1) is 12.6 Å². The molecule has 0 heterocycles. The fourth-order valence-electron chi connectivity index (χ4n) is 3.08. The molecule has 0 fully saturated rings. The van der Waals surface area contributed by atoms with Gasteiger partial charge < -0.3 is 15.4 Å². The fraction of sp³-hybridized carbons (Fsp3) is 0.208. The molecule has 3 aromatic rings. The summed E-state index contributed by atoms with van der Waals surface area (Å²) in [6.45, 7) is 1.44. The SMILES string of the molecule is NCCCN(Cc1ccc(Br)cc1F)C(=O)c1ccc(OCc2ccccc2)c(S)c1. The smallest absolute Gasteiger partial charge is 0.254 e. The number of nitrogens with zero attached hydrogens (tertiary/aromatic N) is 1. The van der Waals surface area contributed by atoms with Crippen molar-refractivity contribution >= 4 is 34.5 Å². The van der Waals surface area contributed by atoms with Gasteiger partial charge in [0.25, 0.3) is 5.91 Å². The van der Waals surface area contributed by atoms with Gasteiger partial charge in [0.1, 0.15) is 18.2 Å². The summed E-state index contributed by atoms with van der Waals surface area (Å²) < 4.78 is 20.8. The van der Waals surface area contributed by atoms with Crippen molar-refractivity contribution in [1.82, 2.24) is 4.90 Å². The minimum atomic E-state index is -0.362. The Bertz CT molecular complexity index is 1030. The van der Waals surface area contributed by atoms with Crippen LogP contribution in [0.25, 0.3) is 0 Å². The van der Waals surface area contributed by atoms with E-state index in [-0.39, 0.29) is 18.3 Å². The van der Waals surface area contributed by atoms with Gasteiger partial charge in [-0.3, -0.25) is 4.79 Å². The van der Waals surface area contributed by atoms with Crippen LogP contribution in [0.1, 0.15) is 27.9 Å². The minimum Gasteiger partial charge on any atom is -0.488 e. The molecule has 0 saturated carbocycles. The zero-order chi connectivity index (χ0) is 22.2. The minimum absolute atomic E-state index is 0.159. The van der Waals surface area contributed by atoms with E-state index in [1.54, 1.807) is 35.2 Å². The summed E-state index contributed by atoms with van der Waals surface area (Å²) in [6, 6.07) is 19.8. The van der Waals surface area contributed by atoms with Crippen LogP contribution in [0.2, 0.25) is 0 Å². The summed E-state index contributed by atoms with van der Waals surface area (Å²) >= 11 is 7.75. The molecule has 0 saturated heterocycles. The van der Waals surface area contributed by atoms with Gasteiger partial charge in [0.05, 0.1) is 0 Å². The number of hydrogen-bond acceptors (Lipinski definition) is 4. The Morgan fingerprint density at radius 2 is 1.87 bits per heavy atom. The van der Waals surface area contributed by atoms with Gasteiger partial charge >= 0.3 is 0 Å². The number of carbonyl (C=O) groups is 1. The van der Waals surface area contributed by atoms with E-state index in [0.717, 1.165) is 5.56 Å². The van der Waals surface area contributed by atoms with Crippen molar-refractivity contribution in [3.8, 4) is 5.75 Å². The Hall–Kier alpha value is -2.35. The van der Waals surface area contributed by atoms with Crippen LogP contribution in [0.15, 0.2) is 76.1 Å². The van der Waals surface area contributed by atoms with Gasteiger partial charge in [-0.2, -0.15) is 0 Å². The molecule has 0 unspecified atom stereocenters. The number of amides is 1. The van der Waals surface area contributed by atoms with Gasteiger partial charge in [-0.1, -0.05) is 52.3 Å². The second-order valence-corrected chi connectivity index (χ2v) is 8.46. The fourth-order valence-corrected chi connectivity index (χ4v) is 3.69. The molecule has 0 aliphatic heterocycles. The number of benzene rings is 3. The summed E-state index contributed by atoms with van der Waals surface area (Å²) in [4.78, 5) is 15.3. The average Bonchev–Trinajstić information content (AvgIpc) is 2.77. The molecule has 0 aliphatic carbocycles. The van der Waals surface area contributed by atoms with Crippen LogP contribution in [0.5, 0.6) is 5.75 Å². The van der Waals surface area contributed by atoms with E-state index < -0.39 is 0 Å². The quantitative estimate of drug-likeness (QED) is 0.382. The second-order valence-electron chi connectivity index (χ2n) is 7.06. The summed E-state index contributed by atoms with van der Waals surface area (Å²) in [5.74, 6) is 0.0244. The predicted molar refractivity (Wildman–Crippen MR) is 127 cm³/mol. The van der Waals surface area contributed by atoms with E-state index in [0.29, 0.717) is 52.4 Å². The van der Waals surface area contributed by atoms with E-state index in [2.05, 4.69) is 28.6 Å². The Labute approximate surface area is 195 Å². The number of carbonyl (C=O) groups excluding carboxylic acids is 1. The molecule has 162 valence electrons. The third-order valence-corrected chi connectivity index (χ3v) is 5.58. The molecular formula is C24H24BrFN2O2S. The third-order valence-electron chi connectivity index (χ3n) is 4.74. The van der Waals surface area contributed by atoms with Gasteiger partial charge in [-0.05, 0) is 48.9 Å². The first kappa shape index (κ1) is 23.3. The summed E-state index contributed by atoms with van der Waals surface area (Å²) in [5, 5.41) is 0. The lowest BCUT2D eigenvalue weighted by molar-refractivity contribution is 0.0740. The molecule has 0 bridgehead atoms. The van der Waals surface area contributed by atoms with Crippen molar-refractivity contribution in [2.45, 2.75) is 24.5 Å². The van der Waals surface area contributed by atoms with Crippen LogP contribution in [0.4, 0.5) is 4.39 Å². The standard InChI is InChI=1S/C24H24BrFN2O2S/c25-20-9-7-19(21(26)14-20)15-28(12-4-11-27)24(29)18-8-10-22(23(31)13-18)30-16-17-5-2-1-3-6-17/h1-3,5-10,13-14,31H,4,11-12,15-16,27H2. The first-order valence-corrected chi connectivity index (χ1v) is 11.1. The van der Waals surface area contributed by atoms with Crippen molar-refractivity contribution < 1.29 is 13.9 Å². The van der Waals surface area contributed by atoms with E-state index in [4.69, 9.17) is 10.5 Å². The predicted octanol–water partition coefficient (Wildman–Crippen LogP) is 5.45. The highest BCUT2D eigenvalue weighted by molar-refractivity contribution is 9.10. The lowest BCUT2D eigenvalue weighted by Crippen LogP contribution is -2.33. The maximum atomic E-state index is 14.3. The number of hydrogen-bond donors (Lipinski definition) is 2. The second kappa shape index (κ2) is 11.3. The number of thiol groups is 1. The highest BCUT2D eigenvalue weighted by Crippen LogP contribution is 2.26. The van der Waals surface area contributed by atoms with E-state index >= 15 is 0 Å². The number of nitrogens with two attached hydrogens (primary N) is 1. The molecule has 3 rings (SSSR count). The first-order valence-electron chi connectivity index (χ1n) is 9.91. The molecule has 0 atom stereocenters. The topological polar surface area (TPSA) is 55.6 Å². The normalized spacial score (nSPS) is 10.7. The van der Waals surface area contributed by atoms with Gasteiger partial charge in [0, 0.05) is 33.6 Å². The van der Waals surface area contributed by atoms with Crippen LogP contribution in [-0.4, -0.2) is 23.9 Å². The molecular weight excluding hydrogens is 479 g/mol. The zero-order valence-corrected chi connectivity index (χ0v) is 19.4. The molecule has 3 aromatic carbocycles. The van der Waals surface area contributed by atoms with Crippen molar-refractivity contribution in [3.63, 3.8) is 0 Å². The maximum Gasteiger partial charge on any atom is 0.254 e. The van der Waals surface area contributed by atoms with Gasteiger partial charge in [0.2, 0.25) is 0 Å². The Kier molecular flexibility index (Phi) is 8.51. The van der Waals surface area contributed by atoms with Crippen LogP contribution >= 0.6 is 28.6 Å². The molecule has 0 spiro atoms. The Morgan fingerprint density at radius 3 is 2.55 bits per heavy atom. The number of rotatable bonds is 9. The third kappa shape index (κ3) is 6.56. The van der Waals surface area contributed by atoms with Gasteiger partial charge in [0.15, 0.2) is 0 Å². The summed E-state index contributed by atoms with van der Waals surface area (Å²) in [6.07, 6.45) is 0.621. The molecule has 31 heavy (non-hydrogen) atoms. The van der Waals surface area contributed by atoms with Gasteiger partial charge in [-0.25, -0.2) is 4.39 Å². The summed E-state index contributed by atoms with van der Waals surface area (Å²) in [5.41, 5.74) is 7.59. The lowest BCUT2D eigenvalue weighted by atomic mass is 10.1. The zero-order valence-electron chi connectivity index (χ0n) is 16.9. The van der Waals surface area contributed by atoms with Crippen LogP contribution in [0, 0.1) is 5.82 Å². The molecule has 0 aliphatic rings. The van der Waals surface area contributed by atoms with Crippen LogP contribution in [-0.2, 0) is 13.2 Å². The average molecular weight is 503 g/mol. The van der Waals surface area contributed by atoms with E-state index in [9.17, 15) is 9.18 Å². The molecule has 0 aromatic heterocycles. The van der Waals surface area contributed by atoms with E-state index in [1.807, 2.05) is 30.3 Å². The molecule has 2 N–H and O–H groups in total. The Balaban J connectivity index is 1.74. The molecule has 4 nitrogen and oxygen atoms in total. The largest absolute Gasteiger partial charge is 0.488 e. The molecule has 1 amide bonds. The van der Waals surface area contributed by atoms with Crippen LogP contribution < -0.4 is 10.5 Å². The van der Waals surface area contributed by atoms with Crippen molar-refractivity contribution in [1.29, 1.82) is 0 Å².